The zero-order chi connectivity index (χ0) is 25.8. The molecule has 2 heterocycles. The Labute approximate surface area is 216 Å². The van der Waals surface area contributed by atoms with Crippen LogP contribution in [0.2, 0.25) is 0 Å². The smallest absolute Gasteiger partial charge is 0.256 e. The molecule has 190 valence electrons. The molecule has 2 saturated heterocycles. The number of amides is 3. The van der Waals surface area contributed by atoms with Crippen LogP contribution in [0.5, 0.6) is 5.75 Å². The van der Waals surface area contributed by atoms with E-state index < -0.39 is 5.92 Å². The number of piperazine rings is 1. The Hall–Kier alpha value is -4.33. The van der Waals surface area contributed by atoms with Gasteiger partial charge in [-0.1, -0.05) is 30.3 Å². The Morgan fingerprint density at radius 3 is 2.22 bits per heavy atom. The monoisotopic (exact) mass is 498 g/mol. The van der Waals surface area contributed by atoms with Gasteiger partial charge in [0, 0.05) is 50.5 Å². The van der Waals surface area contributed by atoms with E-state index in [1.807, 2.05) is 35.2 Å². The fourth-order valence-electron chi connectivity index (χ4n) is 4.89. The van der Waals surface area contributed by atoms with Crippen LogP contribution in [0, 0.1) is 5.92 Å². The number of rotatable bonds is 6. The summed E-state index contributed by atoms with van der Waals surface area (Å²) in [5, 5.41) is 2.92. The van der Waals surface area contributed by atoms with E-state index in [1.54, 1.807) is 48.4 Å². The molecule has 0 unspecified atom stereocenters. The lowest BCUT2D eigenvalue weighted by Gasteiger charge is -2.36. The first-order valence-electron chi connectivity index (χ1n) is 12.5. The molecule has 1 N–H and O–H groups in total. The third-order valence-corrected chi connectivity index (χ3v) is 6.98. The average molecular weight is 499 g/mol. The van der Waals surface area contributed by atoms with Crippen LogP contribution in [0.15, 0.2) is 78.9 Å². The van der Waals surface area contributed by atoms with Crippen molar-refractivity contribution in [1.82, 2.24) is 4.90 Å². The molecule has 8 nitrogen and oxygen atoms in total. The predicted molar refractivity (Wildman–Crippen MR) is 143 cm³/mol. The van der Waals surface area contributed by atoms with Crippen molar-refractivity contribution < 1.29 is 19.1 Å². The molecule has 2 fully saturated rings. The van der Waals surface area contributed by atoms with Gasteiger partial charge < -0.3 is 24.8 Å². The lowest BCUT2D eigenvalue weighted by atomic mass is 10.1. The van der Waals surface area contributed by atoms with Crippen molar-refractivity contribution in [3.05, 3.63) is 84.4 Å². The molecule has 8 heteroatoms. The SMILES string of the molecule is COc1ccc(N2C[C@H](C(=O)Nc3ccccc3C(=O)N3CCN(c4ccccc4)CC3)CC2=O)cc1. The highest BCUT2D eigenvalue weighted by atomic mass is 16.5. The quantitative estimate of drug-likeness (QED) is 0.561. The van der Waals surface area contributed by atoms with E-state index in [2.05, 4.69) is 22.3 Å². The molecule has 0 aromatic heterocycles. The number of ether oxygens (including phenoxy) is 1. The van der Waals surface area contributed by atoms with E-state index in [1.165, 1.54) is 0 Å². The Morgan fingerprint density at radius 1 is 0.838 bits per heavy atom. The van der Waals surface area contributed by atoms with Gasteiger partial charge in [0.25, 0.3) is 5.91 Å². The van der Waals surface area contributed by atoms with E-state index in [0.717, 1.165) is 24.5 Å². The summed E-state index contributed by atoms with van der Waals surface area (Å²) in [7, 11) is 1.59. The molecule has 2 aliphatic heterocycles. The van der Waals surface area contributed by atoms with Crippen molar-refractivity contribution in [2.45, 2.75) is 6.42 Å². The Balaban J connectivity index is 1.23. The summed E-state index contributed by atoms with van der Waals surface area (Å²) < 4.78 is 5.18. The summed E-state index contributed by atoms with van der Waals surface area (Å²) in [6.07, 6.45) is 0.120. The fraction of sp³-hybridized carbons (Fsp3) is 0.276. The number of carbonyl (C=O) groups is 3. The van der Waals surface area contributed by atoms with Crippen LogP contribution < -0.4 is 19.9 Å². The summed E-state index contributed by atoms with van der Waals surface area (Å²) in [5.41, 5.74) is 2.81. The molecule has 3 aromatic rings. The van der Waals surface area contributed by atoms with Crippen molar-refractivity contribution in [1.29, 1.82) is 0 Å². The lowest BCUT2D eigenvalue weighted by Crippen LogP contribution is -2.49. The largest absolute Gasteiger partial charge is 0.497 e. The fourth-order valence-corrected chi connectivity index (χ4v) is 4.89. The Bertz CT molecular complexity index is 1270. The summed E-state index contributed by atoms with van der Waals surface area (Å²) >= 11 is 0. The summed E-state index contributed by atoms with van der Waals surface area (Å²) in [6.45, 7) is 2.98. The molecule has 37 heavy (non-hydrogen) atoms. The van der Waals surface area contributed by atoms with Crippen LogP contribution in [0.1, 0.15) is 16.8 Å². The standard InChI is InChI=1S/C29H30N4O4/c1-37-24-13-11-23(12-14-24)33-20-21(19-27(33)34)28(35)30-26-10-6-5-9-25(26)29(36)32-17-15-31(16-18-32)22-7-3-2-4-8-22/h2-14,21H,15-20H2,1H3,(H,30,35)/t21-/m1/s1. The molecule has 0 aliphatic carbocycles. The van der Waals surface area contributed by atoms with E-state index in [-0.39, 0.29) is 30.7 Å². The van der Waals surface area contributed by atoms with Crippen LogP contribution >= 0.6 is 0 Å². The van der Waals surface area contributed by atoms with Gasteiger partial charge in [-0.25, -0.2) is 0 Å². The number of hydrogen-bond acceptors (Lipinski definition) is 5. The van der Waals surface area contributed by atoms with Gasteiger partial charge in [0.15, 0.2) is 0 Å². The number of anilines is 3. The van der Waals surface area contributed by atoms with Gasteiger partial charge in [-0.15, -0.1) is 0 Å². The molecule has 1 atom stereocenters. The summed E-state index contributed by atoms with van der Waals surface area (Å²) in [6, 6.07) is 24.4. The third kappa shape index (κ3) is 5.28. The van der Waals surface area contributed by atoms with Gasteiger partial charge in [0.05, 0.1) is 24.3 Å². The van der Waals surface area contributed by atoms with Gasteiger partial charge in [0.1, 0.15) is 5.75 Å². The first-order chi connectivity index (χ1) is 18.0. The highest BCUT2D eigenvalue weighted by Crippen LogP contribution is 2.28. The predicted octanol–water partition coefficient (Wildman–Crippen LogP) is 3.65. The third-order valence-electron chi connectivity index (χ3n) is 6.98. The molecule has 0 radical (unpaired) electrons. The Morgan fingerprint density at radius 2 is 1.51 bits per heavy atom. The minimum atomic E-state index is -0.507. The van der Waals surface area contributed by atoms with Crippen molar-refractivity contribution in [2.75, 3.05) is 55.0 Å². The number of methoxy groups -OCH3 is 1. The minimum absolute atomic E-state index is 0.106. The second kappa shape index (κ2) is 10.7. The van der Waals surface area contributed by atoms with Gasteiger partial charge in [-0.05, 0) is 48.5 Å². The molecule has 3 amide bonds. The van der Waals surface area contributed by atoms with Crippen molar-refractivity contribution in [3.8, 4) is 5.75 Å². The number of hydrogen-bond donors (Lipinski definition) is 1. The Kier molecular flexibility index (Phi) is 7.07. The maximum atomic E-state index is 13.4. The molecular formula is C29H30N4O4. The van der Waals surface area contributed by atoms with E-state index in [0.29, 0.717) is 30.1 Å². The highest BCUT2D eigenvalue weighted by molar-refractivity contribution is 6.07. The van der Waals surface area contributed by atoms with Crippen molar-refractivity contribution in [2.24, 2.45) is 5.92 Å². The molecule has 5 rings (SSSR count). The van der Waals surface area contributed by atoms with Crippen molar-refractivity contribution >= 4 is 34.8 Å². The molecule has 3 aromatic carbocycles. The second-order valence-corrected chi connectivity index (χ2v) is 9.25. The number of carbonyl (C=O) groups excluding carboxylic acids is 3. The van der Waals surface area contributed by atoms with Crippen LogP contribution in [0.3, 0.4) is 0 Å². The maximum absolute atomic E-state index is 13.4. The topological polar surface area (TPSA) is 82.2 Å². The van der Waals surface area contributed by atoms with Gasteiger partial charge in [-0.3, -0.25) is 14.4 Å². The summed E-state index contributed by atoms with van der Waals surface area (Å²) in [5.74, 6) is -0.282. The number of nitrogens with one attached hydrogen (secondary N) is 1. The van der Waals surface area contributed by atoms with Crippen LogP contribution in [-0.4, -0.2) is 62.5 Å². The minimum Gasteiger partial charge on any atom is -0.497 e. The van der Waals surface area contributed by atoms with E-state index in [9.17, 15) is 14.4 Å². The number of benzene rings is 3. The first-order valence-corrected chi connectivity index (χ1v) is 12.5. The zero-order valence-electron chi connectivity index (χ0n) is 20.8. The molecular weight excluding hydrogens is 468 g/mol. The van der Waals surface area contributed by atoms with E-state index in [4.69, 9.17) is 4.74 Å². The van der Waals surface area contributed by atoms with Crippen molar-refractivity contribution in [3.63, 3.8) is 0 Å². The molecule has 2 aliphatic rings. The van der Waals surface area contributed by atoms with Crippen LogP contribution in [-0.2, 0) is 9.59 Å². The molecule has 0 bridgehead atoms. The summed E-state index contributed by atoms with van der Waals surface area (Å²) in [4.78, 5) is 44.9. The normalized spacial score (nSPS) is 17.6. The highest BCUT2D eigenvalue weighted by Gasteiger charge is 2.35. The molecule has 0 spiro atoms. The van der Waals surface area contributed by atoms with E-state index >= 15 is 0 Å². The number of nitrogens with zero attached hydrogens (tertiary/aromatic N) is 3. The van der Waals surface area contributed by atoms with Crippen LogP contribution in [0.4, 0.5) is 17.1 Å². The van der Waals surface area contributed by atoms with Gasteiger partial charge >= 0.3 is 0 Å². The van der Waals surface area contributed by atoms with Gasteiger partial charge in [0.2, 0.25) is 11.8 Å². The molecule has 0 saturated carbocycles. The average Bonchev–Trinajstić information content (AvgIpc) is 3.35. The first kappa shape index (κ1) is 24.4. The zero-order valence-corrected chi connectivity index (χ0v) is 20.8. The number of para-hydroxylation sites is 2. The lowest BCUT2D eigenvalue weighted by molar-refractivity contribution is -0.122. The second-order valence-electron chi connectivity index (χ2n) is 9.25. The van der Waals surface area contributed by atoms with Crippen LogP contribution in [0.25, 0.3) is 0 Å². The van der Waals surface area contributed by atoms with Gasteiger partial charge in [-0.2, -0.15) is 0 Å². The maximum Gasteiger partial charge on any atom is 0.256 e.